The third-order valence-electron chi connectivity index (χ3n) is 3.22. The van der Waals surface area contributed by atoms with Gasteiger partial charge in [-0.3, -0.25) is 4.79 Å². The molecule has 2 N–H and O–H groups in total. The molecular formula is C18H20F2N2O3S. The maximum absolute atomic E-state index is 12.6. The summed E-state index contributed by atoms with van der Waals surface area (Å²) in [6.45, 7) is 0.907. The number of anilines is 2. The SMILES string of the molecule is COCCOc1cccc(NCC(=O)Nc2ccccc2SC(F)F)c1. The lowest BCUT2D eigenvalue weighted by Gasteiger charge is -2.12. The van der Waals surface area contributed by atoms with Crippen LogP contribution in [0.15, 0.2) is 53.4 Å². The second kappa shape index (κ2) is 10.6. The molecule has 0 aliphatic rings. The minimum Gasteiger partial charge on any atom is -0.491 e. The third-order valence-corrected chi connectivity index (χ3v) is 4.01. The minimum atomic E-state index is -2.55. The minimum absolute atomic E-state index is 0.00476. The van der Waals surface area contributed by atoms with E-state index in [4.69, 9.17) is 9.47 Å². The van der Waals surface area contributed by atoms with E-state index in [0.29, 0.717) is 47.0 Å². The zero-order chi connectivity index (χ0) is 18.8. The van der Waals surface area contributed by atoms with Gasteiger partial charge in [0, 0.05) is 23.8 Å². The first-order valence-electron chi connectivity index (χ1n) is 7.88. The predicted octanol–water partition coefficient (Wildman–Crippen LogP) is 4.08. The highest BCUT2D eigenvalue weighted by atomic mass is 32.2. The lowest BCUT2D eigenvalue weighted by molar-refractivity contribution is -0.114. The summed E-state index contributed by atoms with van der Waals surface area (Å²) in [5.74, 6) is -2.23. The van der Waals surface area contributed by atoms with Crippen molar-refractivity contribution in [2.24, 2.45) is 0 Å². The number of methoxy groups -OCH3 is 1. The Kier molecular flexibility index (Phi) is 8.17. The van der Waals surface area contributed by atoms with Gasteiger partial charge in [-0.05, 0) is 24.3 Å². The van der Waals surface area contributed by atoms with E-state index < -0.39 is 5.76 Å². The Morgan fingerprint density at radius 2 is 1.96 bits per heavy atom. The number of amides is 1. The highest BCUT2D eigenvalue weighted by Crippen LogP contribution is 2.31. The van der Waals surface area contributed by atoms with Crippen LogP contribution in [0.2, 0.25) is 0 Å². The van der Waals surface area contributed by atoms with E-state index in [1.807, 2.05) is 0 Å². The van der Waals surface area contributed by atoms with Crippen LogP contribution in [0, 0.1) is 0 Å². The second-order valence-electron chi connectivity index (χ2n) is 5.15. The number of carbonyl (C=O) groups is 1. The number of alkyl halides is 2. The van der Waals surface area contributed by atoms with Crippen molar-refractivity contribution < 1.29 is 23.0 Å². The van der Waals surface area contributed by atoms with Gasteiger partial charge in [-0.25, -0.2) is 0 Å². The molecule has 0 saturated carbocycles. The quantitative estimate of drug-likeness (QED) is 0.479. The third kappa shape index (κ3) is 6.89. The number of thioether (sulfide) groups is 1. The first-order chi connectivity index (χ1) is 12.6. The Bertz CT molecular complexity index is 716. The largest absolute Gasteiger partial charge is 0.491 e. The summed E-state index contributed by atoms with van der Waals surface area (Å²) in [5, 5.41) is 5.62. The zero-order valence-corrected chi connectivity index (χ0v) is 15.0. The molecular weight excluding hydrogens is 362 g/mol. The molecule has 0 radical (unpaired) electrons. The van der Waals surface area contributed by atoms with Crippen molar-refractivity contribution in [3.8, 4) is 5.75 Å². The van der Waals surface area contributed by atoms with Gasteiger partial charge in [0.05, 0.1) is 18.8 Å². The van der Waals surface area contributed by atoms with Gasteiger partial charge in [-0.1, -0.05) is 30.0 Å². The van der Waals surface area contributed by atoms with Crippen LogP contribution in [0.3, 0.4) is 0 Å². The number of carbonyl (C=O) groups excluding carboxylic acids is 1. The number of benzene rings is 2. The van der Waals surface area contributed by atoms with E-state index in [9.17, 15) is 13.6 Å². The smallest absolute Gasteiger partial charge is 0.288 e. The molecule has 0 aliphatic heterocycles. The molecule has 0 unspecified atom stereocenters. The first kappa shape index (κ1) is 20.0. The van der Waals surface area contributed by atoms with Crippen molar-refractivity contribution in [1.82, 2.24) is 0 Å². The van der Waals surface area contributed by atoms with Gasteiger partial charge in [0.1, 0.15) is 12.4 Å². The van der Waals surface area contributed by atoms with Crippen LogP contribution in [0.25, 0.3) is 0 Å². The Morgan fingerprint density at radius 1 is 1.15 bits per heavy atom. The maximum Gasteiger partial charge on any atom is 0.288 e. The monoisotopic (exact) mass is 382 g/mol. The van der Waals surface area contributed by atoms with Crippen LogP contribution < -0.4 is 15.4 Å². The van der Waals surface area contributed by atoms with Crippen molar-refractivity contribution in [2.75, 3.05) is 37.5 Å². The molecule has 0 spiro atoms. The highest BCUT2D eigenvalue weighted by Gasteiger charge is 2.11. The second-order valence-corrected chi connectivity index (χ2v) is 6.18. The summed E-state index contributed by atoms with van der Waals surface area (Å²) in [4.78, 5) is 12.4. The summed E-state index contributed by atoms with van der Waals surface area (Å²) in [6, 6.07) is 13.6. The summed E-state index contributed by atoms with van der Waals surface area (Å²) in [7, 11) is 1.60. The van der Waals surface area contributed by atoms with Gasteiger partial charge < -0.3 is 20.1 Å². The molecule has 0 saturated heterocycles. The molecule has 0 aliphatic carbocycles. The molecule has 0 heterocycles. The van der Waals surface area contributed by atoms with Crippen LogP contribution >= 0.6 is 11.8 Å². The van der Waals surface area contributed by atoms with E-state index in [2.05, 4.69) is 10.6 Å². The fourth-order valence-electron chi connectivity index (χ4n) is 2.08. The molecule has 2 aromatic carbocycles. The van der Waals surface area contributed by atoms with Crippen LogP contribution in [0.1, 0.15) is 0 Å². The standard InChI is InChI=1S/C18H20F2N2O3S/c1-24-9-10-25-14-6-4-5-13(11-14)21-12-17(23)22-15-7-2-3-8-16(15)26-18(19)20/h2-8,11,18,21H,9-10,12H2,1H3,(H,22,23). The molecule has 1 amide bonds. The van der Waals surface area contributed by atoms with Crippen molar-refractivity contribution in [3.05, 3.63) is 48.5 Å². The maximum atomic E-state index is 12.6. The normalized spacial score (nSPS) is 10.6. The van der Waals surface area contributed by atoms with Gasteiger partial charge >= 0.3 is 0 Å². The number of hydrogen-bond acceptors (Lipinski definition) is 5. The summed E-state index contributed by atoms with van der Waals surface area (Å²) in [6.07, 6.45) is 0. The first-order valence-corrected chi connectivity index (χ1v) is 8.76. The van der Waals surface area contributed by atoms with Crippen LogP contribution in [-0.2, 0) is 9.53 Å². The lowest BCUT2D eigenvalue weighted by atomic mass is 10.3. The van der Waals surface area contributed by atoms with Crippen LogP contribution in [0.5, 0.6) is 5.75 Å². The van der Waals surface area contributed by atoms with E-state index in [1.54, 1.807) is 55.6 Å². The summed E-state index contributed by atoms with van der Waals surface area (Å²) < 4.78 is 35.6. The number of nitrogens with one attached hydrogen (secondary N) is 2. The fourth-order valence-corrected chi connectivity index (χ4v) is 2.68. The molecule has 2 aromatic rings. The van der Waals surface area contributed by atoms with Crippen molar-refractivity contribution >= 4 is 29.0 Å². The predicted molar refractivity (Wildman–Crippen MR) is 99.2 cm³/mol. The summed E-state index contributed by atoms with van der Waals surface area (Å²) >= 11 is 0.398. The van der Waals surface area contributed by atoms with E-state index in [1.165, 1.54) is 0 Å². The molecule has 2 rings (SSSR count). The number of ether oxygens (including phenoxy) is 2. The Morgan fingerprint density at radius 3 is 2.73 bits per heavy atom. The molecule has 0 fully saturated rings. The van der Waals surface area contributed by atoms with Gasteiger partial charge in [-0.2, -0.15) is 8.78 Å². The molecule has 140 valence electrons. The average Bonchev–Trinajstić information content (AvgIpc) is 2.62. The van der Waals surface area contributed by atoms with Crippen molar-refractivity contribution in [2.45, 2.75) is 10.7 Å². The molecule has 5 nitrogen and oxygen atoms in total. The Hall–Kier alpha value is -2.32. The van der Waals surface area contributed by atoms with Gasteiger partial charge in [0.15, 0.2) is 0 Å². The van der Waals surface area contributed by atoms with E-state index >= 15 is 0 Å². The van der Waals surface area contributed by atoms with Gasteiger partial charge in [0.2, 0.25) is 5.91 Å². The van der Waals surface area contributed by atoms with Crippen LogP contribution in [-0.4, -0.2) is 38.5 Å². The molecule has 0 bridgehead atoms. The highest BCUT2D eigenvalue weighted by molar-refractivity contribution is 7.99. The van der Waals surface area contributed by atoms with E-state index in [0.717, 1.165) is 0 Å². The molecule has 8 heteroatoms. The van der Waals surface area contributed by atoms with Crippen LogP contribution in [0.4, 0.5) is 20.2 Å². The number of halogens is 2. The molecule has 26 heavy (non-hydrogen) atoms. The number of hydrogen-bond donors (Lipinski definition) is 2. The summed E-state index contributed by atoms with van der Waals surface area (Å²) in [5.41, 5.74) is 1.08. The molecule has 0 atom stereocenters. The lowest BCUT2D eigenvalue weighted by Crippen LogP contribution is -2.22. The zero-order valence-electron chi connectivity index (χ0n) is 14.2. The van der Waals surface area contributed by atoms with Crippen molar-refractivity contribution in [3.63, 3.8) is 0 Å². The van der Waals surface area contributed by atoms with E-state index in [-0.39, 0.29) is 12.5 Å². The van der Waals surface area contributed by atoms with Gasteiger partial charge in [0.25, 0.3) is 5.76 Å². The molecule has 0 aromatic heterocycles. The fraction of sp³-hybridized carbons (Fsp3) is 0.278. The van der Waals surface area contributed by atoms with Crippen molar-refractivity contribution in [1.29, 1.82) is 0 Å². The average molecular weight is 382 g/mol. The number of rotatable bonds is 10. The topological polar surface area (TPSA) is 59.6 Å². The Balaban J connectivity index is 1.88. The van der Waals surface area contributed by atoms with Gasteiger partial charge in [-0.15, -0.1) is 0 Å². The number of para-hydroxylation sites is 1. The Labute approximate surface area is 155 Å².